The highest BCUT2D eigenvalue weighted by Gasteiger charge is 2.59. The van der Waals surface area contributed by atoms with Gasteiger partial charge < -0.3 is 49.1 Å². The third kappa shape index (κ3) is 5.61. The number of amides is 1. The molecule has 2 saturated carbocycles. The number of aromatic nitrogens is 2. The van der Waals surface area contributed by atoms with Crippen LogP contribution in [-0.4, -0.2) is 102 Å². The first kappa shape index (κ1) is 33.4. The molecule has 3 fully saturated rings. The Hall–Kier alpha value is -3.50. The number of nitrogens with zero attached hydrogens (tertiary/aromatic N) is 4. The molecule has 47 heavy (non-hydrogen) atoms. The second-order valence-electron chi connectivity index (χ2n) is 13.6. The SMILES string of the molecule is C=C1CCC2[C@](C)(CC[C@@H](OC3OC(CO)C(O)C(O)C3O)[C@@]2(C)CO)C1/C=C/c1cc(C=c2nc3c(n2C)=NC=NC3=O)oc1O. The van der Waals surface area contributed by atoms with Crippen molar-refractivity contribution < 1.29 is 49.3 Å². The maximum absolute atomic E-state index is 12.1. The Kier molecular flexibility index (Phi) is 8.89. The molecule has 2 aliphatic carbocycles. The number of carbonyl (C=O) groups is 1. The van der Waals surface area contributed by atoms with Crippen LogP contribution in [0.3, 0.4) is 0 Å². The maximum Gasteiger partial charge on any atom is 0.300 e. The number of aliphatic hydroxyl groups excluding tert-OH is 5. The van der Waals surface area contributed by atoms with E-state index in [0.717, 1.165) is 12.0 Å². The van der Waals surface area contributed by atoms with Crippen LogP contribution >= 0.6 is 0 Å². The lowest BCUT2D eigenvalue weighted by Crippen LogP contribution is -2.63. The van der Waals surface area contributed by atoms with E-state index in [1.807, 2.05) is 13.0 Å². The van der Waals surface area contributed by atoms with Gasteiger partial charge in [-0.15, -0.1) is 0 Å². The summed E-state index contributed by atoms with van der Waals surface area (Å²) in [6.45, 7) is 7.73. The van der Waals surface area contributed by atoms with Crippen molar-refractivity contribution >= 4 is 24.4 Å². The van der Waals surface area contributed by atoms with Gasteiger partial charge in [0.25, 0.3) is 5.95 Å². The number of rotatable bonds is 7. The Morgan fingerprint density at radius 3 is 2.64 bits per heavy atom. The number of hydrogen-bond acceptors (Lipinski definition) is 12. The van der Waals surface area contributed by atoms with Crippen LogP contribution in [0.4, 0.5) is 0 Å². The maximum atomic E-state index is 12.1. The highest BCUT2D eigenvalue weighted by Crippen LogP contribution is 2.62. The minimum atomic E-state index is -1.56. The number of imidazole rings is 1. The Bertz CT molecular complexity index is 1730. The lowest BCUT2D eigenvalue weighted by Gasteiger charge is -2.60. The van der Waals surface area contributed by atoms with Gasteiger partial charge in [-0.05, 0) is 43.1 Å². The van der Waals surface area contributed by atoms with Crippen LogP contribution < -0.4 is 11.0 Å². The van der Waals surface area contributed by atoms with Crippen LogP contribution in [0, 0.1) is 22.7 Å². The first-order chi connectivity index (χ1) is 22.3. The minimum Gasteiger partial charge on any atom is -0.480 e. The van der Waals surface area contributed by atoms with Gasteiger partial charge in [0.15, 0.2) is 17.5 Å². The molecule has 1 amide bonds. The van der Waals surface area contributed by atoms with Gasteiger partial charge in [0.05, 0.1) is 24.9 Å². The van der Waals surface area contributed by atoms with Crippen molar-refractivity contribution in [2.75, 3.05) is 13.2 Å². The number of allylic oxidation sites excluding steroid dienone is 2. The minimum absolute atomic E-state index is 0.0443. The average molecular weight is 655 g/mol. The van der Waals surface area contributed by atoms with Crippen LogP contribution in [0.1, 0.15) is 61.3 Å². The van der Waals surface area contributed by atoms with E-state index in [2.05, 4.69) is 28.5 Å². The van der Waals surface area contributed by atoms with E-state index in [-0.39, 0.29) is 35.5 Å². The molecule has 2 aromatic heterocycles. The number of aliphatic hydroxyl groups is 5. The normalized spacial score (nSPS) is 37.7. The number of carbonyl (C=O) groups excluding carboxylic acids is 1. The van der Waals surface area contributed by atoms with Gasteiger partial charge in [-0.25, -0.2) is 9.98 Å². The molecule has 14 nitrogen and oxygen atoms in total. The quantitative estimate of drug-likeness (QED) is 0.172. The van der Waals surface area contributed by atoms with Crippen LogP contribution in [0.5, 0.6) is 5.95 Å². The molecule has 6 N–H and O–H groups in total. The van der Waals surface area contributed by atoms with Gasteiger partial charge >= 0.3 is 5.91 Å². The van der Waals surface area contributed by atoms with E-state index in [0.29, 0.717) is 41.6 Å². The Morgan fingerprint density at radius 2 is 1.94 bits per heavy atom. The van der Waals surface area contributed by atoms with Crippen LogP contribution in [-0.2, 0) is 16.5 Å². The summed E-state index contributed by atoms with van der Waals surface area (Å²) in [4.78, 5) is 24.2. The Labute approximate surface area is 270 Å². The largest absolute Gasteiger partial charge is 0.480 e. The number of ether oxygens (including phenoxy) is 2. The first-order valence-corrected chi connectivity index (χ1v) is 15.8. The summed E-state index contributed by atoms with van der Waals surface area (Å²) >= 11 is 0. The topological polar surface area (TPSA) is 213 Å². The lowest BCUT2D eigenvalue weighted by atomic mass is 9.46. The van der Waals surface area contributed by atoms with Crippen LogP contribution in [0.15, 0.2) is 38.7 Å². The highest BCUT2D eigenvalue weighted by atomic mass is 16.7. The van der Waals surface area contributed by atoms with Crippen molar-refractivity contribution in [3.63, 3.8) is 0 Å². The molecule has 7 unspecified atom stereocenters. The number of hydrogen-bond donors (Lipinski definition) is 6. The zero-order valence-corrected chi connectivity index (χ0v) is 26.6. The molecule has 10 atom stereocenters. The van der Waals surface area contributed by atoms with Gasteiger partial charge in [-0.2, -0.15) is 4.99 Å². The first-order valence-electron chi connectivity index (χ1n) is 15.8. The number of furan rings is 1. The zero-order chi connectivity index (χ0) is 33.8. The fraction of sp³-hybridized carbons (Fsp3) is 0.576. The van der Waals surface area contributed by atoms with Crippen LogP contribution in [0.2, 0.25) is 0 Å². The third-order valence-corrected chi connectivity index (χ3v) is 10.8. The van der Waals surface area contributed by atoms with E-state index in [4.69, 9.17) is 13.9 Å². The molecule has 0 bridgehead atoms. The fourth-order valence-electron chi connectivity index (χ4n) is 8.10. The number of aliphatic imine (C=N–C) groups is 1. The molecule has 1 saturated heterocycles. The van der Waals surface area contributed by atoms with Crippen molar-refractivity contribution in [1.29, 1.82) is 0 Å². The summed E-state index contributed by atoms with van der Waals surface area (Å²) in [6.07, 6.45) is 1.67. The molecule has 4 heterocycles. The Balaban J connectivity index is 1.24. The molecule has 2 aromatic rings. The molecule has 2 aliphatic heterocycles. The van der Waals surface area contributed by atoms with Crippen molar-refractivity contribution in [1.82, 2.24) is 9.55 Å². The predicted octanol–water partition coefficient (Wildman–Crippen LogP) is -0.0714. The monoisotopic (exact) mass is 654 g/mol. The van der Waals surface area contributed by atoms with E-state index in [1.54, 1.807) is 29.8 Å². The average Bonchev–Trinajstić information content (AvgIpc) is 3.56. The summed E-state index contributed by atoms with van der Waals surface area (Å²) in [5.74, 6) is -0.600. The lowest BCUT2D eigenvalue weighted by molar-refractivity contribution is -0.329. The Morgan fingerprint density at radius 1 is 1.17 bits per heavy atom. The summed E-state index contributed by atoms with van der Waals surface area (Å²) in [6, 6.07) is 1.67. The zero-order valence-electron chi connectivity index (χ0n) is 26.6. The van der Waals surface area contributed by atoms with Gasteiger partial charge in [-0.3, -0.25) is 4.79 Å². The summed E-state index contributed by atoms with van der Waals surface area (Å²) in [5, 5.41) is 62.2. The molecule has 0 radical (unpaired) electrons. The van der Waals surface area contributed by atoms with E-state index in [9.17, 15) is 35.4 Å². The number of aromatic hydroxyl groups is 1. The van der Waals surface area contributed by atoms with Crippen molar-refractivity contribution in [3.8, 4) is 5.95 Å². The van der Waals surface area contributed by atoms with E-state index >= 15 is 0 Å². The van der Waals surface area contributed by atoms with Crippen molar-refractivity contribution in [2.45, 2.75) is 76.3 Å². The molecular weight excluding hydrogens is 612 g/mol. The van der Waals surface area contributed by atoms with Crippen molar-refractivity contribution in [3.05, 3.63) is 52.3 Å². The molecule has 6 rings (SSSR count). The van der Waals surface area contributed by atoms with Crippen molar-refractivity contribution in [2.24, 2.45) is 39.7 Å². The molecule has 14 heteroatoms. The molecule has 4 aliphatic rings. The van der Waals surface area contributed by atoms with Gasteiger partial charge in [-0.1, -0.05) is 38.2 Å². The molecular formula is C33H42N4O10. The summed E-state index contributed by atoms with van der Waals surface area (Å²) in [5.41, 5.74) is 1.28. The third-order valence-electron chi connectivity index (χ3n) is 10.8. The summed E-state index contributed by atoms with van der Waals surface area (Å²) in [7, 11) is 1.72. The standard InChI is InChI=1S/C33H42N4O10/c1-16-5-8-21-32(2,10-9-22(33(21,3)14-39)47-31-27(42)26(41)25(40)20(13-38)46-31)19(16)7-6-17-11-18(45-30(17)44)12-23-36-24-28(37(23)4)34-15-35-29(24)43/h6-7,11-12,15,19-22,25-27,31,38-42,44H,1,5,8-10,13-14H2,2-4H3/b7-6+,23-12?/t19?,20?,21?,22-,25?,26?,27?,31?,32-,33+/m1/s1. The van der Waals surface area contributed by atoms with E-state index < -0.39 is 54.7 Å². The number of fused-ring (bicyclic) bond motifs is 2. The fourth-order valence-corrected chi connectivity index (χ4v) is 8.10. The second-order valence-corrected chi connectivity index (χ2v) is 13.6. The van der Waals surface area contributed by atoms with Gasteiger partial charge in [0, 0.05) is 24.5 Å². The summed E-state index contributed by atoms with van der Waals surface area (Å²) < 4.78 is 19.1. The smallest absolute Gasteiger partial charge is 0.300 e. The second kappa shape index (κ2) is 12.5. The predicted molar refractivity (Wildman–Crippen MR) is 166 cm³/mol. The van der Waals surface area contributed by atoms with Crippen LogP contribution in [0.25, 0.3) is 12.2 Å². The van der Waals surface area contributed by atoms with E-state index in [1.165, 1.54) is 6.34 Å². The molecule has 0 spiro atoms. The molecule has 0 aromatic carbocycles. The molecule has 254 valence electrons. The van der Waals surface area contributed by atoms with Gasteiger partial charge in [0.2, 0.25) is 0 Å². The highest BCUT2D eigenvalue weighted by molar-refractivity contribution is 5.98. The van der Waals surface area contributed by atoms with Gasteiger partial charge in [0.1, 0.15) is 42.0 Å².